The number of aromatic hydroxyl groups is 1. The van der Waals surface area contributed by atoms with Crippen molar-refractivity contribution in [1.29, 1.82) is 0 Å². The third-order valence-corrected chi connectivity index (χ3v) is 21.9. The Morgan fingerprint density at radius 1 is 0.511 bits per heavy atom. The van der Waals surface area contributed by atoms with E-state index in [1.165, 1.54) is 159 Å². The highest BCUT2D eigenvalue weighted by atomic mass is 127. The molecule has 0 aliphatic heterocycles. The van der Waals surface area contributed by atoms with Crippen LogP contribution in [0.25, 0.3) is 33.1 Å². The van der Waals surface area contributed by atoms with Crippen molar-refractivity contribution in [3.8, 4) is 23.0 Å². The summed E-state index contributed by atoms with van der Waals surface area (Å²) in [5.41, 5.74) is 5.60. The molecule has 0 unspecified atom stereocenters. The normalized spacial score (nSPS) is 10.3. The van der Waals surface area contributed by atoms with E-state index in [1.807, 2.05) is 126 Å². The molecule has 14 aromatic rings. The maximum Gasteiger partial charge on any atom is 0.339 e. The van der Waals surface area contributed by atoms with E-state index in [0.717, 1.165) is 46.5 Å². The second kappa shape index (κ2) is 51.9. The first-order valence-corrected chi connectivity index (χ1v) is 44.9. The number of nitrogen functional groups attached to an aromatic ring is 1. The number of esters is 2. The SMILES string of the molecule is C.CCOC(=O)CC(=O)OCC.CNc1cc(=O)n(C)c(SC)n1.CNc1cc(=O)n(C)cn1.Cc1ccc(S(=O)(=O)Cl)cc1.Cc1ccc(S(=O)(=O)Oc2cc(=O)n(C)c3ncn(C)c(=O)c23)cc1.Cn1cnc2c(c(Nc3ccc(I)cc3F)cc(=O)n2C)c1=O.Cn1cnc2c(c(O)cc(=O)n2C)c1=O.Nc1ccc(I)cc1F.[2HH].[B].c1ccc(Oc2ccccc2)cc1. The maximum absolute atomic E-state index is 14.0. The fourth-order valence-corrected chi connectivity index (χ4v) is 13.4. The van der Waals surface area contributed by atoms with E-state index in [9.17, 15) is 78.7 Å². The molecule has 6 N–H and O–H groups in total. The molecule has 45 heteroatoms. The third-order valence-electron chi connectivity index (χ3n) is 17.2. The van der Waals surface area contributed by atoms with Crippen LogP contribution in [-0.2, 0) is 94.6 Å². The molecule has 0 aliphatic rings. The average molecular weight is 2110 g/mol. The minimum absolute atomic E-state index is 0. The molecule has 695 valence electrons. The van der Waals surface area contributed by atoms with Gasteiger partial charge in [-0.15, -0.1) is 0 Å². The van der Waals surface area contributed by atoms with Gasteiger partial charge >= 0.3 is 22.1 Å². The molecule has 8 heterocycles. The summed E-state index contributed by atoms with van der Waals surface area (Å²) in [7, 11) is 13.2. The molecule has 0 aliphatic carbocycles. The van der Waals surface area contributed by atoms with Crippen LogP contribution in [0.5, 0.6) is 23.0 Å². The van der Waals surface area contributed by atoms with E-state index < -0.39 is 53.6 Å². The second-order valence-corrected chi connectivity index (χ2v) is 34.0. The van der Waals surface area contributed by atoms with Crippen LogP contribution in [0.2, 0.25) is 0 Å². The van der Waals surface area contributed by atoms with Crippen molar-refractivity contribution >= 4 is 169 Å². The molecule has 0 atom stereocenters. The van der Waals surface area contributed by atoms with Crippen molar-refractivity contribution in [3.05, 3.63) is 314 Å². The second-order valence-electron chi connectivity index (χ2n) is 26.6. The van der Waals surface area contributed by atoms with E-state index in [-0.39, 0.29) is 142 Å². The van der Waals surface area contributed by atoms with Crippen LogP contribution in [0.1, 0.15) is 40.2 Å². The molecule has 0 bridgehead atoms. The molecule has 6 aromatic carbocycles. The number of carbonyl (C=O) groups is 2. The maximum atomic E-state index is 14.0. The lowest BCUT2D eigenvalue weighted by Crippen LogP contribution is -2.25. The number of para-hydroxylation sites is 2. The predicted octanol–water partition coefficient (Wildman–Crippen LogP) is 10.9. The van der Waals surface area contributed by atoms with Gasteiger partial charge in [-0.05, 0) is 164 Å². The molecular formula is C86H96BClF2I2N17O19S3. The number of nitrogens with one attached hydrogen (secondary N) is 3. The Kier molecular flexibility index (Phi) is 43.6. The number of aryl methyl sites for hydroxylation is 9. The lowest BCUT2D eigenvalue weighted by Gasteiger charge is -2.12. The number of halogens is 5. The number of hydrogen-bond donors (Lipinski definition) is 5. The van der Waals surface area contributed by atoms with Crippen molar-refractivity contribution in [2.45, 2.75) is 56.5 Å². The molecular weight excluding hydrogens is 2010 g/mol. The van der Waals surface area contributed by atoms with Crippen molar-refractivity contribution in [2.75, 3.05) is 55.2 Å². The molecule has 0 amide bonds. The van der Waals surface area contributed by atoms with Gasteiger partial charge in [0.1, 0.15) is 68.0 Å². The van der Waals surface area contributed by atoms with Crippen LogP contribution in [0.15, 0.2) is 255 Å². The fourth-order valence-electron chi connectivity index (χ4n) is 10.3. The van der Waals surface area contributed by atoms with Crippen LogP contribution in [0.4, 0.5) is 37.5 Å². The van der Waals surface area contributed by atoms with E-state index in [4.69, 9.17) is 25.3 Å². The topological polar surface area (TPSA) is 462 Å². The van der Waals surface area contributed by atoms with Crippen molar-refractivity contribution in [3.63, 3.8) is 0 Å². The van der Waals surface area contributed by atoms with Gasteiger partial charge in [0.25, 0.3) is 53.5 Å². The standard InChI is InChI=1S/C16H15N3O5S.C15H12FIN4O2.C12H10O.C9H9N3O3.C7H7ClO2S.C7H11N3OS.C7H12O4.C6H5FIN.C6H9N3O.CH4.B.H2/c1-10-4-6-11(7-5-10)25(22,23)24-12-8-13(20)19(3)15-14(12)16(21)18(2)9-17-15;1-20-7-18-14-13(15(20)23)11(6-12(22)21(14)2)19-10-4-3-8(17)5-9(10)16;1-3-7-11(8-4-1)13-12-9-5-2-6-10-12;1-11-4-10-8-7(9(11)15)5(13)3-6(14)12(8)2;1-6-2-4-7(5-3-6)11(8,9)10;1-8-5-4-6(11)10(2)7(9-5)12-3;1-3-10-6(8)5-7(9)11-4-2;7-5-3-4(8)1-2-6(5)9;1-7-5-3-6(10)9(2)4-8-5;;;/h4-9H,1-3H3;3-7,19H,1-2H3;1-10H;3-4,13H,1-2H3;2-5H,1H3;4,8H,1-3H3;3-5H2,1-2H3;1-3H,9H2;3-4,7H,1-2H3;1H4;;1H/i;;;;;;;;;;;1+1. The van der Waals surface area contributed by atoms with Crippen molar-refractivity contribution in [2.24, 2.45) is 56.4 Å². The van der Waals surface area contributed by atoms with Gasteiger partial charge in [0.05, 0.1) is 60.5 Å². The molecule has 36 nitrogen and oxygen atoms in total. The van der Waals surface area contributed by atoms with Crippen LogP contribution >= 0.6 is 67.6 Å². The summed E-state index contributed by atoms with van der Waals surface area (Å²) in [4.78, 5) is 135. The Balaban J connectivity index is 0.000000390. The largest absolute Gasteiger partial charge is 0.507 e. The van der Waals surface area contributed by atoms with Gasteiger partial charge in [0.2, 0.25) is 0 Å². The van der Waals surface area contributed by atoms with Gasteiger partial charge in [0.15, 0.2) is 27.8 Å². The van der Waals surface area contributed by atoms with Gasteiger partial charge in [0, 0.05) is 128 Å². The minimum atomic E-state index is -4.20. The van der Waals surface area contributed by atoms with Crippen LogP contribution in [-0.4, -0.2) is 137 Å². The van der Waals surface area contributed by atoms with Gasteiger partial charge in [-0.2, -0.15) is 8.42 Å². The summed E-state index contributed by atoms with van der Waals surface area (Å²) in [6.45, 7) is 7.65. The van der Waals surface area contributed by atoms with Crippen LogP contribution < -0.4 is 75.1 Å². The van der Waals surface area contributed by atoms with Gasteiger partial charge in [-0.25, -0.2) is 42.1 Å². The number of hydrogen-bond acceptors (Lipinski definition) is 29. The number of ether oxygens (including phenoxy) is 3. The van der Waals surface area contributed by atoms with Gasteiger partial charge in [-0.3, -0.25) is 66.2 Å². The number of anilines is 5. The van der Waals surface area contributed by atoms with Crippen molar-refractivity contribution < 1.29 is 60.1 Å². The number of pyridine rings is 3. The molecule has 0 saturated carbocycles. The van der Waals surface area contributed by atoms with E-state index in [2.05, 4.69) is 50.3 Å². The first-order valence-electron chi connectivity index (χ1n) is 37.8. The summed E-state index contributed by atoms with van der Waals surface area (Å²) >= 11 is 5.48. The number of nitrogens with zero attached hydrogens (tertiary/aromatic N) is 13. The average Bonchev–Trinajstić information content (AvgIpc) is 0.764. The zero-order chi connectivity index (χ0) is 95.9. The number of aromatic nitrogens is 13. The minimum Gasteiger partial charge on any atom is -0.507 e. The number of rotatable bonds is 15. The lowest BCUT2D eigenvalue weighted by atomic mass is 10.2. The van der Waals surface area contributed by atoms with Gasteiger partial charge in [-0.1, -0.05) is 91.0 Å². The summed E-state index contributed by atoms with van der Waals surface area (Å²) in [5, 5.41) is 18.9. The Labute approximate surface area is 789 Å². The monoisotopic (exact) mass is 2110 g/mol. The lowest BCUT2D eigenvalue weighted by molar-refractivity contribution is -0.153. The van der Waals surface area contributed by atoms with Crippen molar-refractivity contribution in [1.82, 2.24) is 61.5 Å². The Morgan fingerprint density at radius 2 is 0.924 bits per heavy atom. The third kappa shape index (κ3) is 32.5. The molecule has 131 heavy (non-hydrogen) atoms. The summed E-state index contributed by atoms with van der Waals surface area (Å²) in [6.07, 6.45) is 6.99. The highest BCUT2D eigenvalue weighted by molar-refractivity contribution is 14.1. The van der Waals surface area contributed by atoms with Crippen LogP contribution in [0.3, 0.4) is 0 Å². The predicted molar refractivity (Wildman–Crippen MR) is 523 cm³/mol. The molecule has 0 fully saturated rings. The molecule has 0 saturated heterocycles. The van der Waals surface area contributed by atoms with E-state index in [1.54, 1.807) is 97.6 Å². The smallest absolute Gasteiger partial charge is 0.339 e. The highest BCUT2D eigenvalue weighted by Crippen LogP contribution is 2.27. The van der Waals surface area contributed by atoms with Gasteiger partial charge < -0.3 is 63.5 Å². The summed E-state index contributed by atoms with van der Waals surface area (Å²) in [5.74, 6) is 0.396. The Bertz CT molecular complexity index is 7040. The molecule has 0 spiro atoms. The zero-order valence-corrected chi connectivity index (χ0v) is 80.1. The zero-order valence-electron chi connectivity index (χ0n) is 72.6. The number of thioether (sulfide) groups is 1. The number of carbonyl (C=O) groups excluding carboxylic acids is 2. The fraction of sp³-hybridized carbons (Fsp3) is 0.221. The summed E-state index contributed by atoms with van der Waals surface area (Å²) in [6, 6.07) is 47.4. The van der Waals surface area contributed by atoms with E-state index >= 15 is 0 Å². The van der Waals surface area contributed by atoms with E-state index in [0.29, 0.717) is 16.8 Å². The molecule has 14 rings (SSSR count). The number of benzene rings is 6. The number of nitrogens with two attached hydrogens (primary N) is 1. The quantitative estimate of drug-likeness (QED) is 0.00732. The van der Waals surface area contributed by atoms with Crippen LogP contribution in [0, 0.1) is 32.6 Å². The highest BCUT2D eigenvalue weighted by Gasteiger charge is 2.23. The number of fused-ring (bicyclic) bond motifs is 3. The molecule has 8 aromatic heterocycles. The first-order chi connectivity index (χ1) is 60.9. The Morgan fingerprint density at radius 3 is 1.37 bits per heavy atom. The summed E-state index contributed by atoms with van der Waals surface area (Å²) < 4.78 is 105. The first kappa shape index (κ1) is 110. The molecule has 3 radical (unpaired) electrons. The Hall–Kier alpha value is -13.2.